The summed E-state index contributed by atoms with van der Waals surface area (Å²) < 4.78 is 25.5. The second-order valence-electron chi connectivity index (χ2n) is 8.09. The van der Waals surface area contributed by atoms with E-state index >= 15 is 0 Å². The van der Waals surface area contributed by atoms with Gasteiger partial charge in [-0.05, 0) is 55.0 Å². The van der Waals surface area contributed by atoms with Crippen molar-refractivity contribution in [3.63, 3.8) is 0 Å². The van der Waals surface area contributed by atoms with E-state index in [2.05, 4.69) is 33.9 Å². The number of nitrogens with one attached hydrogen (secondary N) is 1. The van der Waals surface area contributed by atoms with E-state index in [-0.39, 0.29) is 22.6 Å². The molecule has 0 saturated carbocycles. The number of carbonyl (C=O) groups excluding carboxylic acids is 1. The molecule has 0 unspecified atom stereocenters. The molecule has 1 aliphatic rings. The molecule has 1 amide bonds. The molecule has 3 N–H and O–H groups in total. The minimum atomic E-state index is -3.80. The summed E-state index contributed by atoms with van der Waals surface area (Å²) in [4.78, 5) is 17.4. The van der Waals surface area contributed by atoms with Gasteiger partial charge in [0.15, 0.2) is 5.16 Å². The van der Waals surface area contributed by atoms with Crippen molar-refractivity contribution in [3.8, 4) is 0 Å². The summed E-state index contributed by atoms with van der Waals surface area (Å²) in [5.74, 6) is 0.215. The molecule has 32 heavy (non-hydrogen) atoms. The van der Waals surface area contributed by atoms with E-state index in [9.17, 15) is 13.2 Å². The van der Waals surface area contributed by atoms with Crippen LogP contribution >= 0.6 is 11.8 Å². The molecule has 2 aromatic carbocycles. The predicted octanol–water partition coefficient (Wildman–Crippen LogP) is 3.77. The number of nitrogens with zero attached hydrogens (tertiary/aromatic N) is 2. The maximum absolute atomic E-state index is 12.8. The lowest BCUT2D eigenvalue weighted by Crippen LogP contribution is -2.32. The van der Waals surface area contributed by atoms with Crippen LogP contribution < -0.4 is 10.5 Å². The van der Waals surface area contributed by atoms with Gasteiger partial charge < -0.3 is 9.88 Å². The van der Waals surface area contributed by atoms with Gasteiger partial charge in [0.25, 0.3) is 0 Å². The number of primary sulfonamides is 1. The van der Waals surface area contributed by atoms with Crippen LogP contribution in [0.5, 0.6) is 0 Å². The first-order valence-corrected chi connectivity index (χ1v) is 13.4. The number of unbranched alkanes of at least 4 members (excludes halogenated alkanes) is 1. The lowest BCUT2D eigenvalue weighted by atomic mass is 9.88. The Labute approximate surface area is 192 Å². The van der Waals surface area contributed by atoms with Gasteiger partial charge in [0, 0.05) is 6.54 Å². The van der Waals surface area contributed by atoms with E-state index in [1.165, 1.54) is 35.0 Å². The molecule has 4 rings (SSSR count). The van der Waals surface area contributed by atoms with Crippen molar-refractivity contribution in [1.82, 2.24) is 14.9 Å². The minimum Gasteiger partial charge on any atom is -0.349 e. The molecular weight excluding hydrogens is 444 g/mol. The molecule has 0 spiro atoms. The van der Waals surface area contributed by atoms with Crippen LogP contribution in [0.1, 0.15) is 49.8 Å². The molecule has 0 saturated heterocycles. The van der Waals surface area contributed by atoms with Crippen LogP contribution in [0, 0.1) is 0 Å². The van der Waals surface area contributed by atoms with Crippen LogP contribution in [0.3, 0.4) is 0 Å². The molecule has 9 heteroatoms. The predicted molar refractivity (Wildman–Crippen MR) is 127 cm³/mol. The minimum absolute atomic E-state index is 0.0315. The van der Waals surface area contributed by atoms with Gasteiger partial charge in [-0.15, -0.1) is 0 Å². The molecule has 1 aliphatic carbocycles. The fraction of sp³-hybridized carbons (Fsp3) is 0.391. The zero-order valence-electron chi connectivity index (χ0n) is 18.1. The number of nitrogens with two attached hydrogens (primary N) is 1. The molecule has 7 nitrogen and oxygen atoms in total. The normalized spacial score (nSPS) is 16.1. The number of benzene rings is 2. The van der Waals surface area contributed by atoms with Gasteiger partial charge in [-0.1, -0.05) is 49.4 Å². The first-order chi connectivity index (χ1) is 15.4. The summed E-state index contributed by atoms with van der Waals surface area (Å²) in [6.45, 7) is 2.86. The number of imidazole rings is 1. The number of thioether (sulfide) groups is 1. The highest BCUT2D eigenvalue weighted by Crippen LogP contribution is 2.30. The largest absolute Gasteiger partial charge is 0.349 e. The van der Waals surface area contributed by atoms with E-state index in [1.54, 1.807) is 6.07 Å². The standard InChI is InChI=1S/C23H28N4O3S2/c1-2-3-13-27-21-12-11-17(32(24,29)30)14-20(21)26-23(27)31-15-22(28)25-19-10-6-8-16-7-4-5-9-18(16)19/h4-5,7,9,11-12,14,19H,2-3,6,8,10,13,15H2,1H3,(H,25,28)(H2,24,29,30)/t19-/m0/s1. The summed E-state index contributed by atoms with van der Waals surface area (Å²) in [5.41, 5.74) is 3.93. The molecular formula is C23H28N4O3S2. The van der Waals surface area contributed by atoms with Crippen molar-refractivity contribution < 1.29 is 13.2 Å². The fourth-order valence-corrected chi connectivity index (χ4v) is 5.56. The van der Waals surface area contributed by atoms with Crippen LogP contribution in [0.2, 0.25) is 0 Å². The maximum Gasteiger partial charge on any atom is 0.238 e. The summed E-state index contributed by atoms with van der Waals surface area (Å²) in [5, 5.41) is 9.16. The van der Waals surface area contributed by atoms with E-state index in [0.717, 1.165) is 44.2 Å². The Morgan fingerprint density at radius 3 is 2.88 bits per heavy atom. The van der Waals surface area contributed by atoms with Gasteiger partial charge >= 0.3 is 0 Å². The fourth-order valence-electron chi connectivity index (χ4n) is 4.18. The number of aryl methyl sites for hydroxylation is 2. The van der Waals surface area contributed by atoms with Gasteiger partial charge in [0.1, 0.15) is 0 Å². The van der Waals surface area contributed by atoms with Crippen molar-refractivity contribution in [2.45, 2.75) is 61.7 Å². The number of rotatable bonds is 8. The number of fused-ring (bicyclic) bond motifs is 2. The summed E-state index contributed by atoms with van der Waals surface area (Å²) in [7, 11) is -3.80. The van der Waals surface area contributed by atoms with Crippen molar-refractivity contribution in [3.05, 3.63) is 53.6 Å². The molecule has 0 bridgehead atoms. The Morgan fingerprint density at radius 1 is 1.28 bits per heavy atom. The molecule has 170 valence electrons. The first kappa shape index (κ1) is 22.8. The maximum atomic E-state index is 12.8. The molecule has 0 fully saturated rings. The third-order valence-corrected chi connectivity index (χ3v) is 7.67. The smallest absolute Gasteiger partial charge is 0.238 e. The van der Waals surface area contributed by atoms with Gasteiger partial charge in [-0.25, -0.2) is 18.5 Å². The first-order valence-electron chi connectivity index (χ1n) is 10.9. The number of hydrogen-bond donors (Lipinski definition) is 2. The van der Waals surface area contributed by atoms with Crippen LogP contribution in [0.15, 0.2) is 52.5 Å². The zero-order valence-corrected chi connectivity index (χ0v) is 19.7. The van der Waals surface area contributed by atoms with Crippen molar-refractivity contribution in [2.24, 2.45) is 5.14 Å². The molecule has 0 aliphatic heterocycles. The Kier molecular flexibility index (Phi) is 6.88. The highest BCUT2D eigenvalue weighted by Gasteiger charge is 2.22. The van der Waals surface area contributed by atoms with Crippen molar-refractivity contribution in [2.75, 3.05) is 5.75 Å². The van der Waals surface area contributed by atoms with Crippen molar-refractivity contribution in [1.29, 1.82) is 0 Å². The van der Waals surface area contributed by atoms with E-state index in [4.69, 9.17) is 5.14 Å². The molecule has 1 aromatic heterocycles. The van der Waals surface area contributed by atoms with E-state index < -0.39 is 10.0 Å². The summed E-state index contributed by atoms with van der Waals surface area (Å²) in [6, 6.07) is 13.1. The molecule has 1 atom stereocenters. The Balaban J connectivity index is 1.51. The number of carbonyl (C=O) groups is 1. The number of sulfonamides is 1. The number of amides is 1. The van der Waals surface area contributed by atoms with Gasteiger partial charge in [0.05, 0.1) is 27.7 Å². The lowest BCUT2D eigenvalue weighted by molar-refractivity contribution is -0.119. The topological polar surface area (TPSA) is 107 Å². The van der Waals surface area contributed by atoms with Gasteiger partial charge in [0.2, 0.25) is 15.9 Å². The SMILES string of the molecule is CCCCn1c(SCC(=O)N[C@H]2CCCc3ccccc32)nc2cc(S(N)(=O)=O)ccc21. The molecule has 1 heterocycles. The summed E-state index contributed by atoms with van der Waals surface area (Å²) in [6.07, 6.45) is 5.04. The second-order valence-corrected chi connectivity index (χ2v) is 10.6. The highest BCUT2D eigenvalue weighted by atomic mass is 32.2. The Morgan fingerprint density at radius 2 is 2.09 bits per heavy atom. The van der Waals surface area contributed by atoms with Crippen LogP contribution in [0.4, 0.5) is 0 Å². The average Bonchev–Trinajstić information content (AvgIpc) is 3.12. The monoisotopic (exact) mass is 472 g/mol. The number of hydrogen-bond acceptors (Lipinski definition) is 5. The van der Waals surface area contributed by atoms with E-state index in [1.807, 2.05) is 12.1 Å². The summed E-state index contributed by atoms with van der Waals surface area (Å²) >= 11 is 1.37. The molecule has 3 aromatic rings. The zero-order chi connectivity index (χ0) is 22.7. The van der Waals surface area contributed by atoms with Crippen molar-refractivity contribution >= 4 is 38.7 Å². The number of aromatic nitrogens is 2. The Bertz CT molecular complexity index is 1240. The third kappa shape index (κ3) is 5.00. The van der Waals surface area contributed by atoms with Gasteiger partial charge in [-0.3, -0.25) is 4.79 Å². The quantitative estimate of drug-likeness (QED) is 0.485. The van der Waals surface area contributed by atoms with E-state index in [0.29, 0.717) is 10.7 Å². The third-order valence-electron chi connectivity index (χ3n) is 5.79. The highest BCUT2D eigenvalue weighted by molar-refractivity contribution is 7.99. The van der Waals surface area contributed by atoms with Gasteiger partial charge in [-0.2, -0.15) is 0 Å². The lowest BCUT2D eigenvalue weighted by Gasteiger charge is -2.26. The van der Waals surface area contributed by atoms with Crippen LogP contribution in [-0.4, -0.2) is 29.6 Å². The molecule has 0 radical (unpaired) electrons. The van der Waals surface area contributed by atoms with Crippen LogP contribution in [-0.2, 0) is 27.8 Å². The average molecular weight is 473 g/mol. The van der Waals surface area contributed by atoms with Crippen LogP contribution in [0.25, 0.3) is 11.0 Å². The Hall–Kier alpha value is -2.36. The second kappa shape index (κ2) is 9.64.